The third kappa shape index (κ3) is 3.90. The molecule has 162 valence electrons. The molecule has 0 saturated carbocycles. The van der Waals surface area contributed by atoms with Crippen LogP contribution in [0.3, 0.4) is 0 Å². The number of piperazine rings is 1. The maximum absolute atomic E-state index is 13.1. The summed E-state index contributed by atoms with van der Waals surface area (Å²) < 4.78 is 29.5. The minimum Gasteiger partial charge on any atom is -0.340 e. The highest BCUT2D eigenvalue weighted by Gasteiger charge is 2.30. The standard InChI is InChI=1S/C22H30N4O3S/c1-16-21(17(2)24(3)23-16)9-10-22(27)25-11-13-26(14-12-25)30(28,29)20-8-7-18-5-4-6-19(18)15-20/h7-8,15H,4-6,9-14H2,1-3H3. The van der Waals surface area contributed by atoms with Gasteiger partial charge in [0.25, 0.3) is 0 Å². The van der Waals surface area contributed by atoms with Crippen LogP contribution in [-0.4, -0.2) is 59.5 Å². The smallest absolute Gasteiger partial charge is 0.243 e. The van der Waals surface area contributed by atoms with Crippen molar-refractivity contribution in [1.29, 1.82) is 0 Å². The highest BCUT2D eigenvalue weighted by atomic mass is 32.2. The van der Waals surface area contributed by atoms with Crippen molar-refractivity contribution in [3.63, 3.8) is 0 Å². The Morgan fingerprint density at radius 2 is 1.77 bits per heavy atom. The highest BCUT2D eigenvalue weighted by Crippen LogP contribution is 2.27. The Morgan fingerprint density at radius 1 is 1.07 bits per heavy atom. The molecule has 30 heavy (non-hydrogen) atoms. The van der Waals surface area contributed by atoms with Crippen molar-refractivity contribution in [1.82, 2.24) is 19.0 Å². The number of rotatable bonds is 5. The van der Waals surface area contributed by atoms with Crippen LogP contribution in [0.25, 0.3) is 0 Å². The maximum atomic E-state index is 13.1. The SMILES string of the molecule is Cc1nn(C)c(C)c1CCC(=O)N1CCN(S(=O)(=O)c2ccc3c(c2)CCC3)CC1. The Hall–Kier alpha value is -2.19. The van der Waals surface area contributed by atoms with Gasteiger partial charge in [-0.15, -0.1) is 0 Å². The summed E-state index contributed by atoms with van der Waals surface area (Å²) in [4.78, 5) is 14.9. The molecule has 1 saturated heterocycles. The zero-order valence-corrected chi connectivity index (χ0v) is 18.8. The first-order valence-corrected chi connectivity index (χ1v) is 12.1. The summed E-state index contributed by atoms with van der Waals surface area (Å²) in [5, 5.41) is 4.41. The molecule has 1 aliphatic heterocycles. The molecule has 0 bridgehead atoms. The van der Waals surface area contributed by atoms with Gasteiger partial charge in [0.05, 0.1) is 10.6 Å². The second kappa shape index (κ2) is 8.15. The number of aromatic nitrogens is 2. The molecule has 2 aliphatic rings. The summed E-state index contributed by atoms with van der Waals surface area (Å²) >= 11 is 0. The monoisotopic (exact) mass is 430 g/mol. The zero-order valence-electron chi connectivity index (χ0n) is 18.0. The Morgan fingerprint density at radius 3 is 2.43 bits per heavy atom. The highest BCUT2D eigenvalue weighted by molar-refractivity contribution is 7.89. The van der Waals surface area contributed by atoms with Gasteiger partial charge in [-0.2, -0.15) is 9.40 Å². The lowest BCUT2D eigenvalue weighted by molar-refractivity contribution is -0.132. The van der Waals surface area contributed by atoms with E-state index in [-0.39, 0.29) is 5.91 Å². The first kappa shape index (κ1) is 21.1. The summed E-state index contributed by atoms with van der Waals surface area (Å²) in [6.45, 7) is 5.55. The molecule has 1 fully saturated rings. The molecule has 0 atom stereocenters. The van der Waals surface area contributed by atoms with Gasteiger partial charge in [0.15, 0.2) is 0 Å². The van der Waals surface area contributed by atoms with Gasteiger partial charge in [-0.05, 0) is 68.4 Å². The van der Waals surface area contributed by atoms with E-state index in [1.54, 1.807) is 11.0 Å². The lowest BCUT2D eigenvalue weighted by Gasteiger charge is -2.34. The molecule has 1 aliphatic carbocycles. The normalized spacial score (nSPS) is 17.4. The summed E-state index contributed by atoms with van der Waals surface area (Å²) in [7, 11) is -1.60. The van der Waals surface area contributed by atoms with Crippen LogP contribution in [0.1, 0.15) is 40.9 Å². The molecule has 0 radical (unpaired) electrons. The molecule has 0 unspecified atom stereocenters. The van der Waals surface area contributed by atoms with Crippen LogP contribution in [0.2, 0.25) is 0 Å². The number of amides is 1. The van der Waals surface area contributed by atoms with Gasteiger partial charge < -0.3 is 4.90 Å². The fourth-order valence-corrected chi connectivity index (χ4v) is 6.08. The molecular formula is C22H30N4O3S. The van der Waals surface area contributed by atoms with Gasteiger partial charge in [0.2, 0.25) is 15.9 Å². The van der Waals surface area contributed by atoms with Gasteiger partial charge in [-0.25, -0.2) is 8.42 Å². The minimum atomic E-state index is -3.51. The molecule has 7 nitrogen and oxygen atoms in total. The summed E-state index contributed by atoms with van der Waals surface area (Å²) in [6.07, 6.45) is 4.17. The van der Waals surface area contributed by atoms with Crippen LogP contribution in [0, 0.1) is 13.8 Å². The van der Waals surface area contributed by atoms with Crippen molar-refractivity contribution >= 4 is 15.9 Å². The number of carbonyl (C=O) groups is 1. The third-order valence-electron chi connectivity index (χ3n) is 6.55. The second-order valence-corrected chi connectivity index (χ2v) is 10.3. The van der Waals surface area contributed by atoms with Crippen molar-refractivity contribution in [2.75, 3.05) is 26.2 Å². The van der Waals surface area contributed by atoms with E-state index in [2.05, 4.69) is 5.10 Å². The second-order valence-electron chi connectivity index (χ2n) is 8.34. The van der Waals surface area contributed by atoms with Gasteiger partial charge in [0.1, 0.15) is 0 Å². The molecule has 1 aromatic heterocycles. The predicted octanol–water partition coefficient (Wildman–Crippen LogP) is 1.99. The van der Waals surface area contributed by atoms with Crippen LogP contribution in [0.15, 0.2) is 23.1 Å². The van der Waals surface area contributed by atoms with E-state index in [1.165, 1.54) is 9.87 Å². The minimum absolute atomic E-state index is 0.0761. The van der Waals surface area contributed by atoms with Crippen molar-refractivity contribution in [2.24, 2.45) is 7.05 Å². The number of hydrogen-bond donors (Lipinski definition) is 0. The first-order chi connectivity index (χ1) is 14.3. The van der Waals surface area contributed by atoms with E-state index < -0.39 is 10.0 Å². The Bertz CT molecular complexity index is 1070. The molecule has 0 spiro atoms. The number of fused-ring (bicyclic) bond motifs is 1. The van der Waals surface area contributed by atoms with Crippen molar-refractivity contribution < 1.29 is 13.2 Å². The number of carbonyl (C=O) groups excluding carboxylic acids is 1. The number of benzene rings is 1. The number of sulfonamides is 1. The summed E-state index contributed by atoms with van der Waals surface area (Å²) in [5.41, 5.74) is 5.61. The van der Waals surface area contributed by atoms with Crippen LogP contribution in [0.4, 0.5) is 0 Å². The van der Waals surface area contributed by atoms with Crippen molar-refractivity contribution in [2.45, 2.75) is 50.8 Å². The molecule has 1 amide bonds. The quantitative estimate of drug-likeness (QED) is 0.727. The van der Waals surface area contributed by atoms with Gasteiger partial charge in [-0.1, -0.05) is 6.07 Å². The van der Waals surface area contributed by atoms with Crippen LogP contribution in [-0.2, 0) is 41.1 Å². The fourth-order valence-electron chi connectivity index (χ4n) is 4.60. The Labute approximate surface area is 178 Å². The van der Waals surface area contributed by atoms with Crippen LogP contribution < -0.4 is 0 Å². The molecular weight excluding hydrogens is 400 g/mol. The summed E-state index contributed by atoms with van der Waals surface area (Å²) in [5.74, 6) is 0.0761. The van der Waals surface area contributed by atoms with Crippen LogP contribution >= 0.6 is 0 Å². The molecule has 4 rings (SSSR count). The predicted molar refractivity (Wildman–Crippen MR) is 115 cm³/mol. The van der Waals surface area contributed by atoms with Crippen LogP contribution in [0.5, 0.6) is 0 Å². The van der Waals surface area contributed by atoms with E-state index in [1.807, 2.05) is 37.7 Å². The van der Waals surface area contributed by atoms with Gasteiger partial charge >= 0.3 is 0 Å². The molecule has 2 heterocycles. The molecule has 8 heteroatoms. The van der Waals surface area contributed by atoms with E-state index in [0.29, 0.717) is 43.9 Å². The van der Waals surface area contributed by atoms with E-state index >= 15 is 0 Å². The fraction of sp³-hybridized carbons (Fsp3) is 0.545. The average molecular weight is 431 g/mol. The first-order valence-electron chi connectivity index (χ1n) is 10.7. The lowest BCUT2D eigenvalue weighted by atomic mass is 10.1. The molecule has 0 N–H and O–H groups in total. The Balaban J connectivity index is 1.35. The van der Waals surface area contributed by atoms with Crippen molar-refractivity contribution in [3.05, 3.63) is 46.3 Å². The van der Waals surface area contributed by atoms with E-state index in [9.17, 15) is 13.2 Å². The number of nitrogens with zero attached hydrogens (tertiary/aromatic N) is 4. The Kier molecular flexibility index (Phi) is 5.72. The van der Waals surface area contributed by atoms with Crippen molar-refractivity contribution in [3.8, 4) is 0 Å². The van der Waals surface area contributed by atoms with Gasteiger partial charge in [-0.3, -0.25) is 9.48 Å². The maximum Gasteiger partial charge on any atom is 0.243 e. The lowest BCUT2D eigenvalue weighted by Crippen LogP contribution is -2.50. The van der Waals surface area contributed by atoms with Gasteiger partial charge in [0, 0.05) is 45.3 Å². The number of aryl methyl sites for hydroxylation is 4. The number of hydrogen-bond acceptors (Lipinski definition) is 4. The zero-order chi connectivity index (χ0) is 21.5. The summed E-state index contributed by atoms with van der Waals surface area (Å²) in [6, 6.07) is 5.53. The largest absolute Gasteiger partial charge is 0.340 e. The topological polar surface area (TPSA) is 75.5 Å². The molecule has 2 aromatic rings. The molecule has 1 aromatic carbocycles. The van der Waals surface area contributed by atoms with E-state index in [4.69, 9.17) is 0 Å². The van der Waals surface area contributed by atoms with E-state index in [0.717, 1.165) is 41.8 Å². The third-order valence-corrected chi connectivity index (χ3v) is 8.44. The average Bonchev–Trinajstić information content (AvgIpc) is 3.30.